The number of quaternary nitrogens is 2. The maximum absolute atomic E-state index is 2.54. The van der Waals surface area contributed by atoms with Gasteiger partial charge in [0, 0.05) is 31.1 Å². The van der Waals surface area contributed by atoms with Crippen molar-refractivity contribution in [2.24, 2.45) is 11.8 Å². The van der Waals surface area contributed by atoms with E-state index in [0.717, 1.165) is 5.92 Å². The van der Waals surface area contributed by atoms with Gasteiger partial charge in [-0.3, -0.25) is 0 Å². The predicted octanol–water partition coefficient (Wildman–Crippen LogP) is 10.3. The molecule has 5 aromatic rings. The molecule has 0 saturated carbocycles. The SMILES string of the molecule is Cc1ccc(-c2ccc(-c3ccc(C4(c5ccc(-c6ccc([C@@]7(C)C[N+]8(C)CCC7CC8)cc6)cc5)C[N+]5(C)CCC4CC5)cc3)cc2)cc1. The molecule has 50 heavy (non-hydrogen) atoms. The van der Waals surface area contributed by atoms with Crippen LogP contribution in [0.5, 0.6) is 0 Å². The van der Waals surface area contributed by atoms with Gasteiger partial charge in [0.1, 0.15) is 0 Å². The highest BCUT2D eigenvalue weighted by atomic mass is 15.4. The first-order valence-electron chi connectivity index (χ1n) is 19.3. The maximum atomic E-state index is 2.54. The molecule has 0 N–H and O–H groups in total. The molecular weight excluding hydrogens is 605 g/mol. The Labute approximate surface area is 300 Å². The molecule has 6 fully saturated rings. The third-order valence-corrected chi connectivity index (χ3v) is 14.3. The van der Waals surface area contributed by atoms with Gasteiger partial charge in [-0.2, -0.15) is 0 Å². The minimum Gasteiger partial charge on any atom is -0.325 e. The van der Waals surface area contributed by atoms with E-state index in [9.17, 15) is 0 Å². The van der Waals surface area contributed by atoms with Gasteiger partial charge in [0.2, 0.25) is 0 Å². The second-order valence-corrected chi connectivity index (χ2v) is 17.6. The number of fused-ring (bicyclic) bond motifs is 6. The summed E-state index contributed by atoms with van der Waals surface area (Å²) in [6.07, 6.45) is 5.36. The lowest BCUT2D eigenvalue weighted by Crippen LogP contribution is -2.66. The topological polar surface area (TPSA) is 0 Å². The van der Waals surface area contributed by atoms with E-state index in [1.54, 1.807) is 5.56 Å². The van der Waals surface area contributed by atoms with E-state index >= 15 is 0 Å². The van der Waals surface area contributed by atoms with Crippen molar-refractivity contribution in [3.63, 3.8) is 0 Å². The maximum Gasteiger partial charge on any atom is 0.0926 e. The van der Waals surface area contributed by atoms with Gasteiger partial charge in [-0.15, -0.1) is 0 Å². The van der Waals surface area contributed by atoms with E-state index in [1.165, 1.54) is 124 Å². The third-order valence-electron chi connectivity index (χ3n) is 14.3. The number of piperidine rings is 6. The van der Waals surface area contributed by atoms with Gasteiger partial charge in [-0.25, -0.2) is 0 Å². The van der Waals surface area contributed by atoms with Gasteiger partial charge in [0.05, 0.1) is 58.8 Å². The smallest absolute Gasteiger partial charge is 0.0926 e. The van der Waals surface area contributed by atoms with E-state index in [0.29, 0.717) is 11.3 Å². The number of hydrogen-bond acceptors (Lipinski definition) is 0. The summed E-state index contributed by atoms with van der Waals surface area (Å²) in [6, 6.07) is 47.1. The molecule has 6 aliphatic rings. The standard InChI is InChI=1S/C48H54N2/c1-35-5-7-36(8-6-35)37-9-11-38(12-10-37)40-15-21-44(22-16-40)48(34-50(4)31-27-46(48)28-32-50)45-23-17-41(18-24-45)39-13-19-42(20-14-39)47(2)33-49(3)29-25-43(47)26-30-49/h5-24,43,46H,25-34H2,1-4H3/q+2/t43?,46?,47-,48?,49?,50?/m1/s1. The van der Waals surface area contributed by atoms with Crippen molar-refractivity contribution in [1.29, 1.82) is 0 Å². The van der Waals surface area contributed by atoms with Crippen molar-refractivity contribution in [2.75, 3.05) is 53.4 Å². The summed E-state index contributed by atoms with van der Waals surface area (Å²) >= 11 is 0. The van der Waals surface area contributed by atoms with Crippen LogP contribution in [0.3, 0.4) is 0 Å². The highest BCUT2D eigenvalue weighted by Crippen LogP contribution is 2.52. The summed E-state index contributed by atoms with van der Waals surface area (Å²) in [4.78, 5) is 0. The van der Waals surface area contributed by atoms with Crippen LogP contribution in [0.2, 0.25) is 0 Å². The van der Waals surface area contributed by atoms with Crippen molar-refractivity contribution in [3.8, 4) is 33.4 Å². The van der Waals surface area contributed by atoms with Crippen molar-refractivity contribution < 1.29 is 8.97 Å². The zero-order valence-corrected chi connectivity index (χ0v) is 30.7. The minimum atomic E-state index is 0.0463. The fourth-order valence-corrected chi connectivity index (χ4v) is 11.2. The van der Waals surface area contributed by atoms with Crippen LogP contribution in [0.4, 0.5) is 0 Å². The quantitative estimate of drug-likeness (QED) is 0.159. The normalized spacial score (nSPS) is 31.5. The van der Waals surface area contributed by atoms with E-state index in [4.69, 9.17) is 0 Å². The van der Waals surface area contributed by atoms with Crippen LogP contribution in [0.25, 0.3) is 33.4 Å². The molecule has 2 heteroatoms. The zero-order chi connectivity index (χ0) is 34.1. The van der Waals surface area contributed by atoms with Gasteiger partial charge in [-0.1, -0.05) is 127 Å². The predicted molar refractivity (Wildman–Crippen MR) is 209 cm³/mol. The molecule has 0 aliphatic carbocycles. The number of likely N-dealkylation sites (N-methyl/N-ethyl adjacent to an activating group) is 2. The molecule has 11 rings (SSSR count). The molecule has 1 unspecified atom stereocenters. The molecular formula is C48H54N2+2. The van der Waals surface area contributed by atoms with Crippen molar-refractivity contribution in [3.05, 3.63) is 144 Å². The summed E-state index contributed by atoms with van der Waals surface area (Å²) in [7, 11) is 4.98. The molecule has 6 aliphatic heterocycles. The second kappa shape index (κ2) is 11.8. The summed E-state index contributed by atoms with van der Waals surface area (Å²) in [5, 5.41) is 0. The van der Waals surface area contributed by atoms with Crippen LogP contribution >= 0.6 is 0 Å². The molecule has 6 saturated heterocycles. The lowest BCUT2D eigenvalue weighted by atomic mass is 9.58. The number of nitrogens with zero attached hydrogens (tertiary/aromatic N) is 2. The Bertz CT molecular complexity index is 1970. The summed E-state index contributed by atoms with van der Waals surface area (Å²) < 4.78 is 2.43. The van der Waals surface area contributed by atoms with Gasteiger partial charge < -0.3 is 8.97 Å². The van der Waals surface area contributed by atoms with Crippen molar-refractivity contribution >= 4 is 0 Å². The molecule has 6 heterocycles. The third kappa shape index (κ3) is 5.30. The van der Waals surface area contributed by atoms with Gasteiger partial charge in [0.25, 0.3) is 0 Å². The molecule has 4 bridgehead atoms. The molecule has 2 atom stereocenters. The summed E-state index contributed by atoms with van der Waals surface area (Å²) in [5.74, 6) is 1.51. The Morgan fingerprint density at radius 1 is 0.420 bits per heavy atom. The first kappa shape index (κ1) is 32.0. The first-order chi connectivity index (χ1) is 24.1. The van der Waals surface area contributed by atoms with Crippen LogP contribution in [-0.4, -0.2) is 62.3 Å². The Morgan fingerprint density at radius 2 is 0.740 bits per heavy atom. The Balaban J connectivity index is 1.000. The number of rotatable bonds is 6. The fraction of sp³-hybridized carbons (Fsp3) is 0.375. The molecule has 0 aromatic heterocycles. The molecule has 0 spiro atoms. The van der Waals surface area contributed by atoms with Crippen LogP contribution in [0.15, 0.2) is 121 Å². The number of hydrogen-bond donors (Lipinski definition) is 0. The van der Waals surface area contributed by atoms with E-state index in [1.807, 2.05) is 0 Å². The van der Waals surface area contributed by atoms with Gasteiger partial charge in [-0.05, 0) is 75.8 Å². The lowest BCUT2D eigenvalue weighted by molar-refractivity contribution is -0.930. The Morgan fingerprint density at radius 3 is 1.12 bits per heavy atom. The van der Waals surface area contributed by atoms with E-state index in [-0.39, 0.29) is 5.41 Å². The minimum absolute atomic E-state index is 0.0463. The highest BCUT2D eigenvalue weighted by Gasteiger charge is 2.55. The summed E-state index contributed by atoms with van der Waals surface area (Å²) in [5.41, 5.74) is 14.0. The average molecular weight is 659 g/mol. The molecule has 0 amide bonds. The molecule has 0 radical (unpaired) electrons. The largest absolute Gasteiger partial charge is 0.325 e. The van der Waals surface area contributed by atoms with Crippen molar-refractivity contribution in [2.45, 2.75) is 50.4 Å². The van der Waals surface area contributed by atoms with E-state index in [2.05, 4.69) is 149 Å². The van der Waals surface area contributed by atoms with Crippen LogP contribution < -0.4 is 0 Å². The monoisotopic (exact) mass is 658 g/mol. The van der Waals surface area contributed by atoms with Crippen molar-refractivity contribution in [1.82, 2.24) is 0 Å². The highest BCUT2D eigenvalue weighted by molar-refractivity contribution is 5.71. The van der Waals surface area contributed by atoms with Gasteiger partial charge in [0.15, 0.2) is 0 Å². The van der Waals surface area contributed by atoms with Crippen LogP contribution in [-0.2, 0) is 10.8 Å². The van der Waals surface area contributed by atoms with Crippen LogP contribution in [0.1, 0.15) is 54.9 Å². The Kier molecular flexibility index (Phi) is 7.54. The summed E-state index contributed by atoms with van der Waals surface area (Å²) in [6.45, 7) is 12.5. The Hall–Kier alpha value is -3.98. The molecule has 254 valence electrons. The molecule has 5 aromatic carbocycles. The number of benzene rings is 5. The fourth-order valence-electron chi connectivity index (χ4n) is 11.2. The van der Waals surface area contributed by atoms with Gasteiger partial charge >= 0.3 is 0 Å². The van der Waals surface area contributed by atoms with E-state index < -0.39 is 0 Å². The lowest BCUT2D eigenvalue weighted by Gasteiger charge is -2.57. The second-order valence-electron chi connectivity index (χ2n) is 17.6. The van der Waals surface area contributed by atoms with Crippen LogP contribution in [0, 0.1) is 18.8 Å². The zero-order valence-electron chi connectivity index (χ0n) is 30.7. The molecule has 2 nitrogen and oxygen atoms in total. The first-order valence-corrected chi connectivity index (χ1v) is 19.3. The number of aryl methyl sites for hydroxylation is 1. The average Bonchev–Trinajstić information content (AvgIpc) is 3.15.